The Bertz CT molecular complexity index is 944. The fraction of sp³-hybridized carbons (Fsp3) is 0.125. The number of hydrogen-bond acceptors (Lipinski definition) is 5. The van der Waals surface area contributed by atoms with Gasteiger partial charge in [-0.1, -0.05) is 6.07 Å². The van der Waals surface area contributed by atoms with Crippen molar-refractivity contribution in [1.82, 2.24) is 9.38 Å². The predicted octanol–water partition coefficient (Wildman–Crippen LogP) is 3.77. The van der Waals surface area contributed by atoms with E-state index in [0.29, 0.717) is 5.69 Å². The van der Waals surface area contributed by atoms with Crippen LogP contribution in [0.1, 0.15) is 21.6 Å². The number of carboxylic acid groups (broad SMARTS) is 1. The maximum Gasteiger partial charge on any atom is 0.358 e. The second-order valence-electron chi connectivity index (χ2n) is 5.14. The first-order chi connectivity index (χ1) is 11.0. The second kappa shape index (κ2) is 5.53. The van der Waals surface area contributed by atoms with Gasteiger partial charge in [-0.25, -0.2) is 9.78 Å². The third-order valence-electron chi connectivity index (χ3n) is 3.56. The van der Waals surface area contributed by atoms with Crippen molar-refractivity contribution in [2.45, 2.75) is 13.8 Å². The van der Waals surface area contributed by atoms with E-state index in [0.717, 1.165) is 11.1 Å². The summed E-state index contributed by atoms with van der Waals surface area (Å²) in [4.78, 5) is 15.3. The van der Waals surface area contributed by atoms with Crippen molar-refractivity contribution in [3.8, 4) is 5.75 Å². The summed E-state index contributed by atoms with van der Waals surface area (Å²) in [7, 11) is 0. The molecule has 2 aromatic heterocycles. The molecule has 7 heteroatoms. The van der Waals surface area contributed by atoms with Crippen molar-refractivity contribution in [1.29, 1.82) is 0 Å². The molecule has 0 unspecified atom stereocenters. The number of pyridine rings is 1. The molecule has 0 saturated heterocycles. The van der Waals surface area contributed by atoms with E-state index in [1.165, 1.54) is 10.5 Å². The largest absolute Gasteiger partial charge is 0.504 e. The molecule has 0 aliphatic carbocycles. The van der Waals surface area contributed by atoms with Gasteiger partial charge in [-0.2, -0.15) is 0 Å². The highest BCUT2D eigenvalue weighted by molar-refractivity contribution is 5.92. The summed E-state index contributed by atoms with van der Waals surface area (Å²) in [5.74, 6) is -1.30. The number of carbonyl (C=O) groups is 1. The lowest BCUT2D eigenvalue weighted by molar-refractivity contribution is 0.0692. The highest BCUT2D eigenvalue weighted by Crippen LogP contribution is 2.28. The number of aromatic carboxylic acids is 1. The first kappa shape index (κ1) is 14.7. The third-order valence-corrected chi connectivity index (χ3v) is 3.56. The van der Waals surface area contributed by atoms with Gasteiger partial charge in [0.25, 0.3) is 0 Å². The van der Waals surface area contributed by atoms with Crippen LogP contribution in [0, 0.1) is 13.8 Å². The first-order valence-corrected chi connectivity index (χ1v) is 6.89. The van der Waals surface area contributed by atoms with Crippen molar-refractivity contribution in [3.63, 3.8) is 0 Å². The number of aryl methyl sites for hydroxylation is 2. The van der Waals surface area contributed by atoms with Gasteiger partial charge in [-0.05, 0) is 49.2 Å². The van der Waals surface area contributed by atoms with Crippen LogP contribution >= 0.6 is 0 Å². The van der Waals surface area contributed by atoms with Crippen LogP contribution in [0.15, 0.2) is 46.8 Å². The van der Waals surface area contributed by atoms with Crippen molar-refractivity contribution < 1.29 is 15.0 Å². The topological polar surface area (TPSA) is 99.5 Å². The van der Waals surface area contributed by atoms with Crippen LogP contribution in [0.3, 0.4) is 0 Å². The molecular formula is C16H14N4O3. The summed E-state index contributed by atoms with van der Waals surface area (Å²) < 4.78 is 1.39. The van der Waals surface area contributed by atoms with Gasteiger partial charge in [0.15, 0.2) is 22.9 Å². The number of nitrogens with zero attached hydrogens (tertiary/aromatic N) is 4. The van der Waals surface area contributed by atoms with Gasteiger partial charge in [-0.15, -0.1) is 10.2 Å². The fourth-order valence-corrected chi connectivity index (χ4v) is 2.17. The van der Waals surface area contributed by atoms with Gasteiger partial charge < -0.3 is 10.2 Å². The minimum absolute atomic E-state index is 0.0571. The summed E-state index contributed by atoms with van der Waals surface area (Å²) in [5.41, 5.74) is 2.67. The standard InChI is InChI=1S/C16H14N4O3/c1-9-5-6-11(8-10(9)2)18-19-15-13(16(22)23)17-14-12(21)4-3-7-20(14)15/h3-8,21H,1-2H3,(H,22,23). The van der Waals surface area contributed by atoms with Gasteiger partial charge in [0.05, 0.1) is 5.69 Å². The van der Waals surface area contributed by atoms with Crippen LogP contribution < -0.4 is 0 Å². The van der Waals surface area contributed by atoms with Crippen LogP contribution in [-0.2, 0) is 0 Å². The van der Waals surface area contributed by atoms with E-state index in [4.69, 9.17) is 0 Å². The number of aromatic hydroxyl groups is 1. The molecule has 0 aliphatic rings. The Hall–Kier alpha value is -3.22. The zero-order valence-electron chi connectivity index (χ0n) is 12.6. The minimum Gasteiger partial charge on any atom is -0.504 e. The maximum absolute atomic E-state index is 11.4. The van der Waals surface area contributed by atoms with E-state index in [9.17, 15) is 15.0 Å². The molecule has 2 N–H and O–H groups in total. The van der Waals surface area contributed by atoms with Gasteiger partial charge in [0.1, 0.15) is 0 Å². The van der Waals surface area contributed by atoms with Gasteiger partial charge in [-0.3, -0.25) is 4.40 Å². The lowest BCUT2D eigenvalue weighted by Gasteiger charge is -2.00. The van der Waals surface area contributed by atoms with E-state index in [1.807, 2.05) is 26.0 Å². The maximum atomic E-state index is 11.4. The van der Waals surface area contributed by atoms with Crippen molar-refractivity contribution >= 4 is 23.1 Å². The molecule has 1 aromatic carbocycles. The average molecular weight is 310 g/mol. The van der Waals surface area contributed by atoms with Gasteiger partial charge in [0, 0.05) is 6.20 Å². The van der Waals surface area contributed by atoms with Crippen LogP contribution in [0.25, 0.3) is 5.65 Å². The molecule has 0 aliphatic heterocycles. The highest BCUT2D eigenvalue weighted by atomic mass is 16.4. The van der Waals surface area contributed by atoms with E-state index in [1.54, 1.807) is 18.3 Å². The molecule has 2 heterocycles. The third kappa shape index (κ3) is 2.64. The van der Waals surface area contributed by atoms with Crippen LogP contribution in [0.5, 0.6) is 5.75 Å². The Morgan fingerprint density at radius 2 is 1.96 bits per heavy atom. The molecule has 7 nitrogen and oxygen atoms in total. The molecule has 23 heavy (non-hydrogen) atoms. The van der Waals surface area contributed by atoms with E-state index in [2.05, 4.69) is 15.2 Å². The van der Waals surface area contributed by atoms with Crippen molar-refractivity contribution in [2.75, 3.05) is 0 Å². The predicted molar refractivity (Wildman–Crippen MR) is 83.9 cm³/mol. The summed E-state index contributed by atoms with van der Waals surface area (Å²) >= 11 is 0. The van der Waals surface area contributed by atoms with Crippen LogP contribution in [0.4, 0.5) is 11.5 Å². The summed E-state index contributed by atoms with van der Waals surface area (Å²) in [6.07, 6.45) is 1.57. The highest BCUT2D eigenvalue weighted by Gasteiger charge is 2.19. The molecule has 116 valence electrons. The lowest BCUT2D eigenvalue weighted by atomic mass is 10.1. The smallest absolute Gasteiger partial charge is 0.358 e. The molecule has 0 bridgehead atoms. The lowest BCUT2D eigenvalue weighted by Crippen LogP contribution is -1.96. The average Bonchev–Trinajstić information content (AvgIpc) is 2.89. The second-order valence-corrected chi connectivity index (χ2v) is 5.14. The van der Waals surface area contributed by atoms with Crippen molar-refractivity contribution in [3.05, 3.63) is 53.3 Å². The number of aromatic nitrogens is 2. The summed E-state index contributed by atoms with van der Waals surface area (Å²) in [6.45, 7) is 3.95. The Morgan fingerprint density at radius 3 is 2.65 bits per heavy atom. The zero-order chi connectivity index (χ0) is 16.6. The van der Waals surface area contributed by atoms with Gasteiger partial charge >= 0.3 is 5.97 Å². The Balaban J connectivity index is 2.13. The summed E-state index contributed by atoms with van der Waals surface area (Å²) in [6, 6.07) is 8.58. The number of benzene rings is 1. The number of hydrogen-bond donors (Lipinski definition) is 2. The monoisotopic (exact) mass is 310 g/mol. The SMILES string of the molecule is Cc1ccc(N=Nc2c(C(=O)O)nc3c(O)cccn23)cc1C. The number of carboxylic acids is 1. The molecule has 0 spiro atoms. The summed E-state index contributed by atoms with van der Waals surface area (Å²) in [5, 5.41) is 27.2. The number of fused-ring (bicyclic) bond motifs is 1. The molecule has 3 aromatic rings. The quantitative estimate of drug-likeness (QED) is 0.719. The number of rotatable bonds is 3. The number of imidazole rings is 1. The normalized spacial score (nSPS) is 11.4. The Kier molecular flexibility index (Phi) is 3.53. The van der Waals surface area contributed by atoms with E-state index in [-0.39, 0.29) is 22.9 Å². The van der Waals surface area contributed by atoms with Gasteiger partial charge in [0.2, 0.25) is 0 Å². The Labute approximate surface area is 131 Å². The van der Waals surface area contributed by atoms with Crippen LogP contribution in [0.2, 0.25) is 0 Å². The fourth-order valence-electron chi connectivity index (χ4n) is 2.17. The molecule has 0 atom stereocenters. The van der Waals surface area contributed by atoms with Crippen LogP contribution in [-0.4, -0.2) is 25.6 Å². The zero-order valence-corrected chi connectivity index (χ0v) is 12.6. The van der Waals surface area contributed by atoms with E-state index >= 15 is 0 Å². The molecular weight excluding hydrogens is 296 g/mol. The van der Waals surface area contributed by atoms with Crippen molar-refractivity contribution in [2.24, 2.45) is 10.2 Å². The molecule has 0 saturated carbocycles. The number of azo groups is 1. The molecule has 3 rings (SSSR count). The van der Waals surface area contributed by atoms with E-state index < -0.39 is 5.97 Å². The minimum atomic E-state index is -1.23. The molecule has 0 fully saturated rings. The molecule has 0 radical (unpaired) electrons. The molecule has 0 amide bonds. The first-order valence-electron chi connectivity index (χ1n) is 6.89. The Morgan fingerprint density at radius 1 is 1.17 bits per heavy atom.